The summed E-state index contributed by atoms with van der Waals surface area (Å²) in [5.74, 6) is 0.324. The van der Waals surface area contributed by atoms with Crippen molar-refractivity contribution in [2.75, 3.05) is 7.11 Å². The van der Waals surface area contributed by atoms with Gasteiger partial charge < -0.3 is 9.84 Å². The van der Waals surface area contributed by atoms with Gasteiger partial charge in [0.05, 0.1) is 11.5 Å². The van der Waals surface area contributed by atoms with Crippen molar-refractivity contribution in [2.45, 2.75) is 112 Å². The zero-order valence-electron chi connectivity index (χ0n) is 23.4. The van der Waals surface area contributed by atoms with Crippen LogP contribution in [0.2, 0.25) is 0 Å². The van der Waals surface area contributed by atoms with Gasteiger partial charge in [-0.15, -0.1) is 0 Å². The maximum atomic E-state index is 14.3. The standard InChI is InChI=1S/C31H48O4/c1-26(2)22-9-12-31(7)24(29(22,5)11-10-23(26)35-8)21(32)17-19-20-18-28(4,25(33)34)14-13-27(20,3)15-16-30(19,31)6/h17,20,22-24H,9-16,18H2,1-8H3,(H,33,34)/t20-,22-,23-,24+,27+,28-,29-,30+,31+/m0/s1. The monoisotopic (exact) mass is 484 g/mol. The number of rotatable bonds is 2. The van der Waals surface area contributed by atoms with Crippen LogP contribution in [-0.4, -0.2) is 30.1 Å². The summed E-state index contributed by atoms with van der Waals surface area (Å²) in [6, 6.07) is 0. The normalized spacial score (nSPS) is 52.9. The van der Waals surface area contributed by atoms with E-state index in [1.165, 1.54) is 5.57 Å². The summed E-state index contributed by atoms with van der Waals surface area (Å²) in [5, 5.41) is 10.1. The average Bonchev–Trinajstić information content (AvgIpc) is 2.76. The molecule has 0 amide bonds. The van der Waals surface area contributed by atoms with Crippen LogP contribution in [-0.2, 0) is 14.3 Å². The number of allylic oxidation sites excluding steroid dienone is 2. The van der Waals surface area contributed by atoms with E-state index in [4.69, 9.17) is 4.74 Å². The third kappa shape index (κ3) is 3.07. The molecule has 4 heteroatoms. The molecule has 0 aliphatic heterocycles. The van der Waals surface area contributed by atoms with Crippen molar-refractivity contribution in [3.63, 3.8) is 0 Å². The van der Waals surface area contributed by atoms with Crippen LogP contribution in [0.3, 0.4) is 0 Å². The Bertz CT molecular complexity index is 980. The molecule has 5 aliphatic carbocycles. The molecule has 0 spiro atoms. The van der Waals surface area contributed by atoms with Crippen molar-refractivity contribution >= 4 is 11.8 Å². The fraction of sp³-hybridized carbons (Fsp3) is 0.871. The molecule has 0 bridgehead atoms. The molecule has 35 heavy (non-hydrogen) atoms. The Labute approximate surface area is 212 Å². The minimum absolute atomic E-state index is 0.0263. The molecule has 4 nitrogen and oxygen atoms in total. The van der Waals surface area contributed by atoms with Crippen LogP contribution >= 0.6 is 0 Å². The average molecular weight is 485 g/mol. The molecule has 0 aromatic rings. The van der Waals surface area contributed by atoms with E-state index in [0.29, 0.717) is 18.1 Å². The molecule has 0 saturated heterocycles. The Balaban J connectivity index is 1.61. The van der Waals surface area contributed by atoms with E-state index in [2.05, 4.69) is 47.6 Å². The van der Waals surface area contributed by atoms with Gasteiger partial charge in [0.25, 0.3) is 0 Å². The number of ether oxygens (including phenoxy) is 1. The highest BCUT2D eigenvalue weighted by Gasteiger charge is 2.70. The van der Waals surface area contributed by atoms with Crippen molar-refractivity contribution in [3.8, 4) is 0 Å². The molecular weight excluding hydrogens is 436 g/mol. The minimum atomic E-state index is -0.698. The van der Waals surface area contributed by atoms with Gasteiger partial charge in [0.2, 0.25) is 0 Å². The molecule has 0 unspecified atom stereocenters. The third-order valence-electron chi connectivity index (χ3n) is 13.3. The number of carbonyl (C=O) groups excluding carboxylic acids is 1. The lowest BCUT2D eigenvalue weighted by Crippen LogP contribution is -2.66. The van der Waals surface area contributed by atoms with Crippen molar-refractivity contribution in [1.29, 1.82) is 0 Å². The van der Waals surface area contributed by atoms with Crippen LogP contribution < -0.4 is 0 Å². The number of aliphatic carboxylic acids is 1. The molecule has 196 valence electrons. The molecule has 5 aliphatic rings. The molecule has 4 saturated carbocycles. The quantitative estimate of drug-likeness (QED) is 0.455. The number of carbonyl (C=O) groups is 2. The van der Waals surface area contributed by atoms with Gasteiger partial charge in [0.1, 0.15) is 0 Å². The molecule has 1 N–H and O–H groups in total. The first kappa shape index (κ1) is 25.5. The summed E-state index contributed by atoms with van der Waals surface area (Å²) >= 11 is 0. The van der Waals surface area contributed by atoms with Gasteiger partial charge in [-0.2, -0.15) is 0 Å². The van der Waals surface area contributed by atoms with E-state index in [-0.39, 0.29) is 45.0 Å². The van der Waals surface area contributed by atoms with Crippen LogP contribution in [0.15, 0.2) is 11.6 Å². The molecule has 4 fully saturated rings. The van der Waals surface area contributed by atoms with Crippen molar-refractivity contribution in [2.24, 2.45) is 50.2 Å². The van der Waals surface area contributed by atoms with Crippen molar-refractivity contribution in [3.05, 3.63) is 11.6 Å². The van der Waals surface area contributed by atoms with Crippen LogP contribution in [0.25, 0.3) is 0 Å². The zero-order chi connectivity index (χ0) is 25.8. The maximum Gasteiger partial charge on any atom is 0.309 e. The number of methoxy groups -OCH3 is 1. The number of fused-ring (bicyclic) bond motifs is 7. The first-order valence-corrected chi connectivity index (χ1v) is 14.1. The van der Waals surface area contributed by atoms with Crippen LogP contribution in [0.5, 0.6) is 0 Å². The Morgan fingerprint density at radius 3 is 2.23 bits per heavy atom. The predicted octanol–water partition coefficient (Wildman–Crippen LogP) is 7.07. The van der Waals surface area contributed by atoms with Gasteiger partial charge in [-0.05, 0) is 110 Å². The number of carboxylic acid groups (broad SMARTS) is 1. The summed E-state index contributed by atoms with van der Waals surface area (Å²) in [4.78, 5) is 26.6. The largest absolute Gasteiger partial charge is 0.481 e. The summed E-state index contributed by atoms with van der Waals surface area (Å²) in [6.07, 6.45) is 11.2. The number of hydrogen-bond donors (Lipinski definition) is 1. The predicted molar refractivity (Wildman–Crippen MR) is 138 cm³/mol. The summed E-state index contributed by atoms with van der Waals surface area (Å²) in [5.41, 5.74) is 0.577. The van der Waals surface area contributed by atoms with Crippen molar-refractivity contribution in [1.82, 2.24) is 0 Å². The first-order chi connectivity index (χ1) is 16.1. The SMILES string of the molecule is CO[C@H]1CC[C@]2(C)[C@H]3C(=O)C=C4[C@@H]5C[C@@](C)(C(=O)O)CC[C@]5(C)CC[C@@]4(C)[C@]3(C)CC[C@H]2C1(C)C. The van der Waals surface area contributed by atoms with Crippen LogP contribution in [0, 0.1) is 50.2 Å². The van der Waals surface area contributed by atoms with Gasteiger partial charge in [-0.3, -0.25) is 9.59 Å². The highest BCUT2D eigenvalue weighted by atomic mass is 16.5. The molecular formula is C31H48O4. The maximum absolute atomic E-state index is 14.3. The molecule has 5 rings (SSSR count). The van der Waals surface area contributed by atoms with Gasteiger partial charge >= 0.3 is 5.97 Å². The third-order valence-corrected chi connectivity index (χ3v) is 13.3. The topological polar surface area (TPSA) is 63.6 Å². The fourth-order valence-corrected chi connectivity index (χ4v) is 10.8. The van der Waals surface area contributed by atoms with Gasteiger partial charge in [0.15, 0.2) is 5.78 Å². The van der Waals surface area contributed by atoms with Crippen LogP contribution in [0.4, 0.5) is 0 Å². The second-order valence-electron chi connectivity index (χ2n) is 15.1. The summed E-state index contributed by atoms with van der Waals surface area (Å²) < 4.78 is 5.96. The van der Waals surface area contributed by atoms with E-state index in [9.17, 15) is 14.7 Å². The highest BCUT2D eigenvalue weighted by Crippen LogP contribution is 2.75. The lowest BCUT2D eigenvalue weighted by Gasteiger charge is -2.70. The number of hydrogen-bond acceptors (Lipinski definition) is 3. The lowest BCUT2D eigenvalue weighted by molar-refractivity contribution is -0.205. The van der Waals surface area contributed by atoms with E-state index < -0.39 is 11.4 Å². The van der Waals surface area contributed by atoms with E-state index >= 15 is 0 Å². The first-order valence-electron chi connectivity index (χ1n) is 14.1. The fourth-order valence-electron chi connectivity index (χ4n) is 10.8. The van der Waals surface area contributed by atoms with E-state index in [1.54, 1.807) is 0 Å². The van der Waals surface area contributed by atoms with E-state index in [0.717, 1.165) is 51.4 Å². The number of ketones is 1. The minimum Gasteiger partial charge on any atom is -0.481 e. The number of carboxylic acids is 1. The molecule has 0 aromatic carbocycles. The highest BCUT2D eigenvalue weighted by molar-refractivity contribution is 5.95. The van der Waals surface area contributed by atoms with Crippen molar-refractivity contribution < 1.29 is 19.4 Å². The molecule has 0 radical (unpaired) electrons. The molecule has 0 heterocycles. The Morgan fingerprint density at radius 1 is 0.943 bits per heavy atom. The lowest BCUT2D eigenvalue weighted by atomic mass is 9.33. The van der Waals surface area contributed by atoms with Gasteiger partial charge in [0, 0.05) is 13.0 Å². The molecule has 9 atom stereocenters. The Hall–Kier alpha value is -1.16. The smallest absolute Gasteiger partial charge is 0.309 e. The Morgan fingerprint density at radius 2 is 1.60 bits per heavy atom. The summed E-state index contributed by atoms with van der Waals surface area (Å²) in [6.45, 7) is 16.3. The Kier molecular flexibility index (Phi) is 5.43. The summed E-state index contributed by atoms with van der Waals surface area (Å²) in [7, 11) is 1.85. The van der Waals surface area contributed by atoms with Crippen LogP contribution in [0.1, 0.15) is 106 Å². The van der Waals surface area contributed by atoms with Gasteiger partial charge in [-0.1, -0.05) is 47.1 Å². The second-order valence-corrected chi connectivity index (χ2v) is 15.1. The molecule has 0 aromatic heterocycles. The second kappa shape index (κ2) is 7.45. The zero-order valence-corrected chi connectivity index (χ0v) is 23.4. The van der Waals surface area contributed by atoms with E-state index in [1.807, 2.05) is 14.0 Å². The van der Waals surface area contributed by atoms with Gasteiger partial charge in [-0.25, -0.2) is 0 Å².